The number of ether oxygens (including phenoxy) is 1. The van der Waals surface area contributed by atoms with Crippen molar-refractivity contribution in [1.29, 1.82) is 0 Å². The van der Waals surface area contributed by atoms with Crippen LogP contribution < -0.4 is 15.4 Å². The van der Waals surface area contributed by atoms with E-state index in [1.807, 2.05) is 13.8 Å². The van der Waals surface area contributed by atoms with Crippen LogP contribution in [-0.4, -0.2) is 35.6 Å². The van der Waals surface area contributed by atoms with E-state index in [2.05, 4.69) is 34.4 Å². The number of anilines is 1. The minimum atomic E-state index is -0.0696. The molecular weight excluding hydrogens is 256 g/mol. The molecule has 0 atom stereocenters. The molecule has 0 aromatic carbocycles. The summed E-state index contributed by atoms with van der Waals surface area (Å²) >= 11 is 0. The Kier molecular flexibility index (Phi) is 6.76. The Morgan fingerprint density at radius 3 is 2.80 bits per heavy atom. The lowest BCUT2D eigenvalue weighted by atomic mass is 10.2. The molecule has 0 unspecified atom stereocenters. The van der Waals surface area contributed by atoms with Gasteiger partial charge in [-0.05, 0) is 19.3 Å². The van der Waals surface area contributed by atoms with Gasteiger partial charge in [-0.25, -0.2) is 4.98 Å². The molecule has 1 heterocycles. The van der Waals surface area contributed by atoms with Gasteiger partial charge < -0.3 is 15.4 Å². The highest BCUT2D eigenvalue weighted by Gasteiger charge is 2.06. The summed E-state index contributed by atoms with van der Waals surface area (Å²) in [6, 6.07) is 1.78. The van der Waals surface area contributed by atoms with Crippen LogP contribution in [0.3, 0.4) is 0 Å². The van der Waals surface area contributed by atoms with Crippen molar-refractivity contribution in [1.82, 2.24) is 15.3 Å². The number of rotatable bonds is 8. The molecule has 6 heteroatoms. The molecule has 1 rings (SSSR count). The van der Waals surface area contributed by atoms with Gasteiger partial charge >= 0.3 is 0 Å². The van der Waals surface area contributed by atoms with Crippen LogP contribution in [0.4, 0.5) is 5.95 Å². The molecule has 1 aromatic heterocycles. The highest BCUT2D eigenvalue weighted by atomic mass is 16.5. The van der Waals surface area contributed by atoms with E-state index in [0.29, 0.717) is 30.9 Å². The summed E-state index contributed by atoms with van der Waals surface area (Å²) in [7, 11) is 0. The molecule has 0 radical (unpaired) electrons. The maximum Gasteiger partial charge on any atom is 0.239 e. The smallest absolute Gasteiger partial charge is 0.239 e. The zero-order valence-electron chi connectivity index (χ0n) is 12.7. The molecule has 0 spiro atoms. The molecule has 0 saturated heterocycles. The lowest BCUT2D eigenvalue weighted by molar-refractivity contribution is -0.119. The molecule has 0 aliphatic rings. The van der Waals surface area contributed by atoms with E-state index >= 15 is 0 Å². The quantitative estimate of drug-likeness (QED) is 0.759. The van der Waals surface area contributed by atoms with E-state index in [1.54, 1.807) is 6.07 Å². The molecule has 1 amide bonds. The van der Waals surface area contributed by atoms with Gasteiger partial charge in [0.1, 0.15) is 0 Å². The summed E-state index contributed by atoms with van der Waals surface area (Å²) in [4.78, 5) is 20.0. The fourth-order valence-electron chi connectivity index (χ4n) is 1.44. The Bertz CT molecular complexity index is 435. The third-order valence-electron chi connectivity index (χ3n) is 2.40. The largest absolute Gasteiger partial charge is 0.478 e. The summed E-state index contributed by atoms with van der Waals surface area (Å²) in [6.07, 6.45) is 0.920. The SMILES string of the molecule is CCCOc1cc(C)nc(NCC(=O)NCC(C)C)n1. The topological polar surface area (TPSA) is 76.1 Å². The van der Waals surface area contributed by atoms with Crippen LogP contribution in [0, 0.1) is 12.8 Å². The van der Waals surface area contributed by atoms with Crippen LogP contribution in [0.1, 0.15) is 32.9 Å². The fraction of sp³-hybridized carbons (Fsp3) is 0.643. The molecule has 0 aliphatic carbocycles. The summed E-state index contributed by atoms with van der Waals surface area (Å²) in [6.45, 7) is 9.44. The van der Waals surface area contributed by atoms with Crippen LogP contribution in [0.15, 0.2) is 6.07 Å². The maximum atomic E-state index is 11.6. The van der Waals surface area contributed by atoms with Gasteiger partial charge in [-0.2, -0.15) is 4.98 Å². The van der Waals surface area contributed by atoms with Crippen molar-refractivity contribution < 1.29 is 9.53 Å². The molecular formula is C14H24N4O2. The van der Waals surface area contributed by atoms with Gasteiger partial charge in [-0.1, -0.05) is 20.8 Å². The van der Waals surface area contributed by atoms with Crippen molar-refractivity contribution in [3.63, 3.8) is 0 Å². The number of carbonyl (C=O) groups excluding carboxylic acids is 1. The van der Waals surface area contributed by atoms with Crippen LogP contribution in [0.2, 0.25) is 0 Å². The third kappa shape index (κ3) is 6.36. The van der Waals surface area contributed by atoms with Crippen LogP contribution in [-0.2, 0) is 4.79 Å². The highest BCUT2D eigenvalue weighted by molar-refractivity contribution is 5.80. The second-order valence-corrected chi connectivity index (χ2v) is 5.07. The summed E-state index contributed by atoms with van der Waals surface area (Å²) in [5.74, 6) is 1.31. The van der Waals surface area contributed by atoms with E-state index < -0.39 is 0 Å². The van der Waals surface area contributed by atoms with Crippen molar-refractivity contribution in [3.8, 4) is 5.88 Å². The monoisotopic (exact) mass is 280 g/mol. The number of hydrogen-bond donors (Lipinski definition) is 2. The fourth-order valence-corrected chi connectivity index (χ4v) is 1.44. The van der Waals surface area contributed by atoms with Gasteiger partial charge in [0.05, 0.1) is 13.2 Å². The predicted molar refractivity (Wildman–Crippen MR) is 78.9 cm³/mol. The number of nitrogens with one attached hydrogen (secondary N) is 2. The standard InChI is InChI=1S/C14H24N4O2/c1-5-6-20-13-7-11(4)17-14(18-13)16-9-12(19)15-8-10(2)3/h7,10H,5-6,8-9H2,1-4H3,(H,15,19)(H,16,17,18). The maximum absolute atomic E-state index is 11.6. The first kappa shape index (κ1) is 16.2. The third-order valence-corrected chi connectivity index (χ3v) is 2.40. The van der Waals surface area contributed by atoms with Crippen molar-refractivity contribution in [3.05, 3.63) is 11.8 Å². The number of aromatic nitrogens is 2. The Morgan fingerprint density at radius 2 is 2.15 bits per heavy atom. The second-order valence-electron chi connectivity index (χ2n) is 5.07. The lowest BCUT2D eigenvalue weighted by Crippen LogP contribution is -2.32. The number of amides is 1. The molecule has 0 aliphatic heterocycles. The van der Waals surface area contributed by atoms with Crippen LogP contribution in [0.5, 0.6) is 5.88 Å². The summed E-state index contributed by atoms with van der Waals surface area (Å²) in [5.41, 5.74) is 0.802. The van der Waals surface area contributed by atoms with Gasteiger partial charge in [0, 0.05) is 18.3 Å². The molecule has 6 nitrogen and oxygen atoms in total. The lowest BCUT2D eigenvalue weighted by Gasteiger charge is -2.10. The number of nitrogens with zero attached hydrogens (tertiary/aromatic N) is 2. The first-order valence-corrected chi connectivity index (χ1v) is 7.00. The Morgan fingerprint density at radius 1 is 1.40 bits per heavy atom. The number of aryl methyl sites for hydroxylation is 1. The minimum absolute atomic E-state index is 0.0696. The van der Waals surface area contributed by atoms with E-state index in [-0.39, 0.29) is 12.5 Å². The van der Waals surface area contributed by atoms with Gasteiger partial charge in [0.2, 0.25) is 17.7 Å². The van der Waals surface area contributed by atoms with Crippen molar-refractivity contribution >= 4 is 11.9 Å². The average Bonchev–Trinajstić information content (AvgIpc) is 2.40. The van der Waals surface area contributed by atoms with Gasteiger partial charge in [-0.15, -0.1) is 0 Å². The highest BCUT2D eigenvalue weighted by Crippen LogP contribution is 2.11. The zero-order valence-corrected chi connectivity index (χ0v) is 12.7. The molecule has 0 saturated carbocycles. The Balaban J connectivity index is 2.50. The average molecular weight is 280 g/mol. The van der Waals surface area contributed by atoms with Gasteiger partial charge in [-0.3, -0.25) is 4.79 Å². The molecule has 0 bridgehead atoms. The Labute approximate surface area is 120 Å². The van der Waals surface area contributed by atoms with Gasteiger partial charge in [0.15, 0.2) is 0 Å². The second kappa shape index (κ2) is 8.35. The van der Waals surface area contributed by atoms with E-state index in [0.717, 1.165) is 12.1 Å². The predicted octanol–water partition coefficient (Wildman–Crippen LogP) is 1.76. The first-order chi connectivity index (χ1) is 9.51. The summed E-state index contributed by atoms with van der Waals surface area (Å²) < 4.78 is 5.47. The number of carbonyl (C=O) groups is 1. The zero-order chi connectivity index (χ0) is 15.0. The molecule has 2 N–H and O–H groups in total. The Hall–Kier alpha value is -1.85. The van der Waals surface area contributed by atoms with Gasteiger partial charge in [0.25, 0.3) is 0 Å². The molecule has 112 valence electrons. The van der Waals surface area contributed by atoms with Crippen LogP contribution in [0.25, 0.3) is 0 Å². The van der Waals surface area contributed by atoms with E-state index in [9.17, 15) is 4.79 Å². The van der Waals surface area contributed by atoms with Crippen molar-refractivity contribution in [2.24, 2.45) is 5.92 Å². The molecule has 1 aromatic rings. The van der Waals surface area contributed by atoms with Crippen molar-refractivity contribution in [2.45, 2.75) is 34.1 Å². The van der Waals surface area contributed by atoms with Crippen LogP contribution >= 0.6 is 0 Å². The minimum Gasteiger partial charge on any atom is -0.478 e. The van der Waals surface area contributed by atoms with E-state index in [4.69, 9.17) is 4.74 Å². The first-order valence-electron chi connectivity index (χ1n) is 7.00. The summed E-state index contributed by atoms with van der Waals surface area (Å²) in [5, 5.41) is 5.74. The number of hydrogen-bond acceptors (Lipinski definition) is 5. The van der Waals surface area contributed by atoms with Crippen molar-refractivity contribution in [2.75, 3.05) is 25.0 Å². The van der Waals surface area contributed by atoms with E-state index in [1.165, 1.54) is 0 Å². The normalized spacial score (nSPS) is 10.4. The molecule has 20 heavy (non-hydrogen) atoms. The molecule has 0 fully saturated rings.